The van der Waals surface area contributed by atoms with Gasteiger partial charge in [-0.3, -0.25) is 0 Å². The Labute approximate surface area is 351 Å². The molecular weight excluding hydrogens is 751 g/mol. The van der Waals surface area contributed by atoms with Crippen molar-refractivity contribution in [1.82, 2.24) is 9.55 Å². The lowest BCUT2D eigenvalue weighted by atomic mass is 10.0. The first kappa shape index (κ1) is 34.6. The van der Waals surface area contributed by atoms with E-state index in [-0.39, 0.29) is 5.92 Å². The number of aromatic nitrogens is 2. The van der Waals surface area contributed by atoms with Gasteiger partial charge in [0.05, 0.1) is 17.0 Å². The summed E-state index contributed by atoms with van der Waals surface area (Å²) in [7, 11) is 0. The summed E-state index contributed by atoms with van der Waals surface area (Å²) in [6, 6.07) is 65.7. The third-order valence-corrected chi connectivity index (χ3v) is 13.1. The number of thiophene rings is 1. The van der Waals surface area contributed by atoms with Gasteiger partial charge in [-0.05, 0) is 120 Å². The molecule has 0 amide bonds. The summed E-state index contributed by atoms with van der Waals surface area (Å²) < 4.78 is 11.8. The molecule has 0 spiro atoms. The topological polar surface area (TPSA) is 34.2 Å². The van der Waals surface area contributed by atoms with Gasteiger partial charge in [0.15, 0.2) is 5.58 Å². The lowest BCUT2D eigenvalue weighted by molar-refractivity contribution is 0.506. The Hall–Kier alpha value is -7.47. The average Bonchev–Trinajstić information content (AvgIpc) is 4.02. The Kier molecular flexibility index (Phi) is 8.13. The van der Waals surface area contributed by atoms with Crippen LogP contribution in [0.15, 0.2) is 211 Å². The molecule has 3 heterocycles. The van der Waals surface area contributed by atoms with Crippen LogP contribution in [0.1, 0.15) is 18.2 Å². The molecule has 8 aromatic carbocycles. The smallest absolute Gasteiger partial charge is 0.202 e. The largest absolute Gasteiger partial charge is 0.438 e. The summed E-state index contributed by atoms with van der Waals surface area (Å²) in [5, 5.41) is 4.90. The number of nitrogens with zero attached hydrogens (tertiary/aromatic N) is 3. The van der Waals surface area contributed by atoms with Crippen molar-refractivity contribution in [3.63, 3.8) is 0 Å². The van der Waals surface area contributed by atoms with Crippen molar-refractivity contribution < 1.29 is 4.42 Å². The molecule has 1 unspecified atom stereocenters. The maximum atomic E-state index is 6.81. The maximum absolute atomic E-state index is 6.81. The number of para-hydroxylation sites is 2. The third-order valence-electron chi connectivity index (χ3n) is 11.9. The molecular formula is C55H37N3OS. The Bertz CT molecular complexity index is 3420. The zero-order chi connectivity index (χ0) is 39.6. The molecule has 0 saturated carbocycles. The van der Waals surface area contributed by atoms with Gasteiger partial charge in [0, 0.05) is 53.7 Å². The Morgan fingerprint density at radius 1 is 0.533 bits per heavy atom. The minimum Gasteiger partial charge on any atom is -0.438 e. The zero-order valence-electron chi connectivity index (χ0n) is 32.6. The van der Waals surface area contributed by atoms with Crippen molar-refractivity contribution in [1.29, 1.82) is 0 Å². The van der Waals surface area contributed by atoms with Gasteiger partial charge in [-0.1, -0.05) is 115 Å². The highest BCUT2D eigenvalue weighted by molar-refractivity contribution is 7.25. The van der Waals surface area contributed by atoms with E-state index in [0.717, 1.165) is 73.7 Å². The van der Waals surface area contributed by atoms with Crippen LogP contribution in [0.2, 0.25) is 0 Å². The van der Waals surface area contributed by atoms with Crippen LogP contribution in [0.3, 0.4) is 0 Å². The van der Waals surface area contributed by atoms with E-state index in [2.05, 4.69) is 216 Å². The minimum atomic E-state index is 0.107. The molecule has 60 heavy (non-hydrogen) atoms. The van der Waals surface area contributed by atoms with Crippen molar-refractivity contribution in [3.8, 4) is 27.9 Å². The predicted molar refractivity (Wildman–Crippen MR) is 252 cm³/mol. The number of fused-ring (bicyclic) bond motifs is 8. The first-order valence-electron chi connectivity index (χ1n) is 20.5. The zero-order valence-corrected chi connectivity index (χ0v) is 33.4. The normalized spacial score (nSPS) is 14.0. The molecule has 0 radical (unpaired) electrons. The molecule has 0 aliphatic heterocycles. The summed E-state index contributed by atoms with van der Waals surface area (Å²) in [6.45, 7) is 0. The second kappa shape index (κ2) is 14.1. The monoisotopic (exact) mass is 787 g/mol. The SMILES string of the molecule is C1=CCC(c2nc3ccc4c5cc(-c6ccc(N(c7ccccc7)c7ccccc7)cc6)ccc5n(-c5cccc(-c6ccc7sc8ccccc8c7c6)c5)c4c3o2)C=C1. The molecule has 5 heteroatoms. The second-order valence-corrected chi connectivity index (χ2v) is 16.6. The van der Waals surface area contributed by atoms with Crippen molar-refractivity contribution in [2.24, 2.45) is 0 Å². The van der Waals surface area contributed by atoms with Crippen LogP contribution in [-0.4, -0.2) is 9.55 Å². The number of benzene rings is 8. The molecule has 4 nitrogen and oxygen atoms in total. The Morgan fingerprint density at radius 2 is 1.22 bits per heavy atom. The minimum absolute atomic E-state index is 0.107. The van der Waals surface area contributed by atoms with Crippen LogP contribution in [0.5, 0.6) is 0 Å². The number of anilines is 3. The van der Waals surface area contributed by atoms with E-state index in [1.807, 2.05) is 11.3 Å². The summed E-state index contributed by atoms with van der Waals surface area (Å²) in [4.78, 5) is 7.37. The van der Waals surface area contributed by atoms with Crippen LogP contribution in [0.25, 0.3) is 81.0 Å². The van der Waals surface area contributed by atoms with Crippen LogP contribution in [-0.2, 0) is 0 Å². The van der Waals surface area contributed by atoms with E-state index in [9.17, 15) is 0 Å². The fraction of sp³-hybridized carbons (Fsp3) is 0.0364. The van der Waals surface area contributed by atoms with Gasteiger partial charge in [-0.15, -0.1) is 11.3 Å². The van der Waals surface area contributed by atoms with E-state index >= 15 is 0 Å². The number of allylic oxidation sites excluding steroid dienone is 4. The van der Waals surface area contributed by atoms with E-state index in [1.165, 1.54) is 36.7 Å². The molecule has 1 atom stereocenters. The van der Waals surface area contributed by atoms with Crippen LogP contribution in [0.4, 0.5) is 17.1 Å². The lowest BCUT2D eigenvalue weighted by Gasteiger charge is -2.25. The third kappa shape index (κ3) is 5.77. The van der Waals surface area contributed by atoms with Gasteiger partial charge in [0.2, 0.25) is 5.89 Å². The summed E-state index contributed by atoms with van der Waals surface area (Å²) in [6.07, 6.45) is 9.42. The highest BCUT2D eigenvalue weighted by Crippen LogP contribution is 2.42. The molecule has 0 N–H and O–H groups in total. The second-order valence-electron chi connectivity index (χ2n) is 15.5. The standard InChI is InChI=1S/C55H37N3OS/c1-4-13-37(14-5-1)55-56-49-30-29-46-47-34-39(36-23-27-43(28-24-36)57(41-16-6-2-7-17-41)42-18-8-3-9-19-42)25-31-50(47)58(53(46)54(49)59-55)44-20-12-15-38(33-44)40-26-32-52-48(35-40)45-21-10-11-22-51(45)60-52/h1-13,15-35,37H,14H2. The van der Waals surface area contributed by atoms with Gasteiger partial charge in [-0.2, -0.15) is 0 Å². The Balaban J connectivity index is 1.01. The maximum Gasteiger partial charge on any atom is 0.202 e. The molecule has 284 valence electrons. The van der Waals surface area contributed by atoms with Crippen LogP contribution in [0, 0.1) is 0 Å². The van der Waals surface area contributed by atoms with Gasteiger partial charge in [0.1, 0.15) is 5.52 Å². The fourth-order valence-electron chi connectivity index (χ4n) is 9.01. The van der Waals surface area contributed by atoms with Gasteiger partial charge < -0.3 is 13.9 Å². The first-order chi connectivity index (χ1) is 29.7. The molecule has 0 saturated heterocycles. The van der Waals surface area contributed by atoms with Gasteiger partial charge in [-0.25, -0.2) is 4.98 Å². The number of rotatable bonds is 7. The molecule has 1 aliphatic rings. The summed E-state index contributed by atoms with van der Waals surface area (Å²) in [5.74, 6) is 0.858. The summed E-state index contributed by atoms with van der Waals surface area (Å²) in [5.41, 5.74) is 12.9. The van der Waals surface area contributed by atoms with E-state index in [4.69, 9.17) is 9.40 Å². The van der Waals surface area contributed by atoms with Crippen molar-refractivity contribution in [3.05, 3.63) is 212 Å². The van der Waals surface area contributed by atoms with Gasteiger partial charge >= 0.3 is 0 Å². The van der Waals surface area contributed by atoms with Crippen LogP contribution < -0.4 is 4.90 Å². The van der Waals surface area contributed by atoms with Crippen molar-refractivity contribution in [2.75, 3.05) is 4.90 Å². The number of oxazole rings is 1. The fourth-order valence-corrected chi connectivity index (χ4v) is 10.1. The molecule has 0 bridgehead atoms. The van der Waals surface area contributed by atoms with E-state index in [1.54, 1.807) is 0 Å². The highest BCUT2D eigenvalue weighted by atomic mass is 32.1. The first-order valence-corrected chi connectivity index (χ1v) is 21.3. The summed E-state index contributed by atoms with van der Waals surface area (Å²) >= 11 is 1.85. The molecule has 1 aliphatic carbocycles. The predicted octanol–water partition coefficient (Wildman–Crippen LogP) is 15.7. The highest BCUT2D eigenvalue weighted by Gasteiger charge is 2.23. The van der Waals surface area contributed by atoms with Crippen molar-refractivity contribution in [2.45, 2.75) is 12.3 Å². The Morgan fingerprint density at radius 3 is 2.02 bits per heavy atom. The molecule has 12 rings (SSSR count). The lowest BCUT2D eigenvalue weighted by Crippen LogP contribution is -2.09. The van der Waals surface area contributed by atoms with E-state index < -0.39 is 0 Å². The number of hydrogen-bond acceptors (Lipinski definition) is 4. The van der Waals surface area contributed by atoms with Crippen LogP contribution >= 0.6 is 11.3 Å². The molecule has 11 aromatic rings. The number of hydrogen-bond donors (Lipinski definition) is 0. The molecule has 0 fully saturated rings. The molecule has 3 aromatic heterocycles. The average molecular weight is 788 g/mol. The van der Waals surface area contributed by atoms with Gasteiger partial charge in [0.25, 0.3) is 0 Å². The van der Waals surface area contributed by atoms with E-state index in [0.29, 0.717) is 0 Å². The van der Waals surface area contributed by atoms with Crippen molar-refractivity contribution >= 4 is 81.5 Å². The quantitative estimate of drug-likeness (QED) is 0.161.